The number of rotatable bonds is 3. The van der Waals surface area contributed by atoms with Crippen molar-refractivity contribution in [1.29, 1.82) is 0 Å². The molecule has 0 spiro atoms. The highest BCUT2D eigenvalue weighted by Gasteiger charge is 2.13. The molecule has 1 aromatic rings. The van der Waals surface area contributed by atoms with Gasteiger partial charge in [-0.05, 0) is 17.7 Å². The van der Waals surface area contributed by atoms with E-state index in [0.717, 1.165) is 0 Å². The minimum absolute atomic E-state index is 0.316. The van der Waals surface area contributed by atoms with Crippen molar-refractivity contribution in [2.45, 2.75) is 12.5 Å². The van der Waals surface area contributed by atoms with Crippen molar-refractivity contribution in [1.82, 2.24) is 0 Å². The molecular formula is C9H8ClNO3. The summed E-state index contributed by atoms with van der Waals surface area (Å²) in [6.07, 6.45) is -1.34. The number of benzene rings is 1. The number of carbonyl (C=O) groups excluding carboxylic acids is 1. The van der Waals surface area contributed by atoms with Crippen LogP contribution in [0.2, 0.25) is 5.02 Å². The van der Waals surface area contributed by atoms with E-state index in [-0.39, 0.29) is 6.42 Å². The second-order valence-electron chi connectivity index (χ2n) is 2.76. The maximum absolute atomic E-state index is 10.6. The minimum Gasteiger partial charge on any atom is -0.388 e. The summed E-state index contributed by atoms with van der Waals surface area (Å²) in [7, 11) is 0. The first-order chi connectivity index (χ1) is 6.63. The Hall–Kier alpha value is -1.26. The number of hydrogen-bond donors (Lipinski definition) is 1. The molecule has 0 heterocycles. The molecule has 5 heteroatoms. The van der Waals surface area contributed by atoms with Crippen LogP contribution in [0, 0.1) is 4.91 Å². The smallest absolute Gasteiger partial charge is 0.289 e. The van der Waals surface area contributed by atoms with Crippen molar-refractivity contribution in [2.75, 3.05) is 0 Å². The Labute approximate surface area is 85.5 Å². The van der Waals surface area contributed by atoms with E-state index in [4.69, 9.17) is 11.6 Å². The summed E-state index contributed by atoms with van der Waals surface area (Å²) in [5.41, 5.74) is 0.495. The van der Waals surface area contributed by atoms with E-state index in [9.17, 15) is 14.8 Å². The number of aliphatic hydroxyl groups excluding tert-OH is 1. The molecule has 0 aliphatic heterocycles. The van der Waals surface area contributed by atoms with E-state index in [1.165, 1.54) is 6.07 Å². The molecule has 4 nitrogen and oxygen atoms in total. The molecule has 0 aliphatic carbocycles. The van der Waals surface area contributed by atoms with E-state index in [2.05, 4.69) is 5.18 Å². The second kappa shape index (κ2) is 4.83. The fourth-order valence-corrected chi connectivity index (χ4v) is 1.23. The number of amides is 1. The SMILES string of the molecule is O=NC(=O)C[C@H](O)c1cccc(Cl)c1. The summed E-state index contributed by atoms with van der Waals surface area (Å²) in [6, 6.07) is 6.45. The molecule has 0 aliphatic rings. The van der Waals surface area contributed by atoms with Crippen molar-refractivity contribution in [3.05, 3.63) is 39.8 Å². The van der Waals surface area contributed by atoms with Crippen LogP contribution < -0.4 is 0 Å². The topological polar surface area (TPSA) is 66.7 Å². The first-order valence-electron chi connectivity index (χ1n) is 3.93. The van der Waals surface area contributed by atoms with Crippen molar-refractivity contribution >= 4 is 17.5 Å². The lowest BCUT2D eigenvalue weighted by Crippen LogP contribution is -2.03. The van der Waals surface area contributed by atoms with Gasteiger partial charge in [-0.1, -0.05) is 23.7 Å². The molecule has 1 N–H and O–H groups in total. The summed E-state index contributed by atoms with van der Waals surface area (Å²) >= 11 is 5.68. The van der Waals surface area contributed by atoms with Crippen molar-refractivity contribution in [3.8, 4) is 0 Å². The third-order valence-corrected chi connectivity index (χ3v) is 1.94. The van der Waals surface area contributed by atoms with Gasteiger partial charge in [-0.3, -0.25) is 4.79 Å². The normalized spacial score (nSPS) is 12.1. The van der Waals surface area contributed by atoms with E-state index in [1.54, 1.807) is 18.2 Å². The number of nitroso groups, excluding NO2 is 1. The monoisotopic (exact) mass is 213 g/mol. The molecule has 14 heavy (non-hydrogen) atoms. The maximum Gasteiger partial charge on any atom is 0.289 e. The van der Waals surface area contributed by atoms with E-state index < -0.39 is 12.0 Å². The van der Waals surface area contributed by atoms with E-state index >= 15 is 0 Å². The molecule has 0 bridgehead atoms. The summed E-state index contributed by atoms with van der Waals surface area (Å²) in [6.45, 7) is 0. The van der Waals surface area contributed by atoms with E-state index in [1.807, 2.05) is 0 Å². The van der Waals surface area contributed by atoms with Gasteiger partial charge in [-0.2, -0.15) is 0 Å². The van der Waals surface area contributed by atoms with Crippen LogP contribution in [-0.2, 0) is 4.79 Å². The van der Waals surface area contributed by atoms with Crippen LogP contribution in [0.25, 0.3) is 0 Å². The molecule has 0 saturated carbocycles. The van der Waals surface area contributed by atoms with Crippen LogP contribution in [0.1, 0.15) is 18.1 Å². The molecule has 1 rings (SSSR count). The Kier molecular flexibility index (Phi) is 3.73. The molecule has 0 radical (unpaired) electrons. The van der Waals surface area contributed by atoms with Crippen molar-refractivity contribution < 1.29 is 9.90 Å². The summed E-state index contributed by atoms with van der Waals surface area (Å²) < 4.78 is 0. The standard InChI is InChI=1S/C9H8ClNO3/c10-7-3-1-2-6(4-7)8(12)5-9(13)11-14/h1-4,8,12H,5H2/t8-/m0/s1. The minimum atomic E-state index is -1.03. The fourth-order valence-electron chi connectivity index (χ4n) is 1.03. The molecule has 1 atom stereocenters. The summed E-state index contributed by atoms with van der Waals surface area (Å²) in [4.78, 5) is 20.4. The van der Waals surface area contributed by atoms with Gasteiger partial charge in [-0.15, -0.1) is 4.91 Å². The second-order valence-corrected chi connectivity index (χ2v) is 3.20. The highest BCUT2D eigenvalue weighted by atomic mass is 35.5. The van der Waals surface area contributed by atoms with E-state index in [0.29, 0.717) is 10.6 Å². The van der Waals surface area contributed by atoms with Crippen LogP contribution in [0.5, 0.6) is 0 Å². The molecule has 1 amide bonds. The lowest BCUT2D eigenvalue weighted by Gasteiger charge is -2.07. The Bertz CT molecular complexity index is 354. The van der Waals surface area contributed by atoms with Gasteiger partial charge in [0.25, 0.3) is 5.91 Å². The molecule has 1 aromatic carbocycles. The third kappa shape index (κ3) is 2.90. The lowest BCUT2D eigenvalue weighted by atomic mass is 10.1. The van der Waals surface area contributed by atoms with Crippen molar-refractivity contribution in [3.63, 3.8) is 0 Å². The molecule has 0 saturated heterocycles. The van der Waals surface area contributed by atoms with Gasteiger partial charge in [0, 0.05) is 10.2 Å². The predicted molar refractivity (Wildman–Crippen MR) is 51.8 cm³/mol. The highest BCUT2D eigenvalue weighted by molar-refractivity contribution is 6.30. The highest BCUT2D eigenvalue weighted by Crippen LogP contribution is 2.20. The number of hydrogen-bond acceptors (Lipinski definition) is 3. The molecule has 0 fully saturated rings. The van der Waals surface area contributed by atoms with Gasteiger partial charge in [0.15, 0.2) is 0 Å². The largest absolute Gasteiger partial charge is 0.388 e. The van der Waals surface area contributed by atoms with Crippen LogP contribution in [0.15, 0.2) is 29.4 Å². The average molecular weight is 214 g/mol. The molecule has 74 valence electrons. The van der Waals surface area contributed by atoms with Gasteiger partial charge in [0.05, 0.1) is 12.5 Å². The number of carbonyl (C=O) groups is 1. The number of halogens is 1. The zero-order valence-electron chi connectivity index (χ0n) is 7.18. The Balaban J connectivity index is 2.74. The quantitative estimate of drug-likeness (QED) is 0.782. The van der Waals surface area contributed by atoms with Gasteiger partial charge in [0.2, 0.25) is 0 Å². The first-order valence-corrected chi connectivity index (χ1v) is 4.31. The Morgan fingerprint density at radius 2 is 2.29 bits per heavy atom. The summed E-state index contributed by atoms with van der Waals surface area (Å²) in [5, 5.41) is 12.1. The number of aliphatic hydroxyl groups is 1. The van der Waals surface area contributed by atoms with Crippen LogP contribution in [0.3, 0.4) is 0 Å². The Morgan fingerprint density at radius 3 is 2.86 bits per heavy atom. The fraction of sp³-hybridized carbons (Fsp3) is 0.222. The molecule has 0 unspecified atom stereocenters. The maximum atomic E-state index is 10.6. The zero-order chi connectivity index (χ0) is 10.6. The average Bonchev–Trinajstić information content (AvgIpc) is 2.17. The zero-order valence-corrected chi connectivity index (χ0v) is 7.94. The van der Waals surface area contributed by atoms with Crippen LogP contribution >= 0.6 is 11.6 Å². The van der Waals surface area contributed by atoms with Gasteiger partial charge >= 0.3 is 0 Å². The van der Waals surface area contributed by atoms with Crippen LogP contribution in [-0.4, -0.2) is 11.0 Å². The summed E-state index contributed by atoms with van der Waals surface area (Å²) in [5.74, 6) is -0.877. The van der Waals surface area contributed by atoms with Gasteiger partial charge in [-0.25, -0.2) is 0 Å². The molecule has 0 aromatic heterocycles. The third-order valence-electron chi connectivity index (χ3n) is 1.70. The van der Waals surface area contributed by atoms with Crippen molar-refractivity contribution in [2.24, 2.45) is 5.18 Å². The lowest BCUT2D eigenvalue weighted by molar-refractivity contribution is -0.119. The number of nitrogens with zero attached hydrogens (tertiary/aromatic N) is 1. The van der Waals surface area contributed by atoms with Gasteiger partial charge < -0.3 is 5.11 Å². The predicted octanol–water partition coefficient (Wildman–Crippen LogP) is 2.06. The Morgan fingerprint density at radius 1 is 1.57 bits per heavy atom. The van der Waals surface area contributed by atoms with Crippen LogP contribution in [0.4, 0.5) is 0 Å². The van der Waals surface area contributed by atoms with Gasteiger partial charge in [0.1, 0.15) is 0 Å². The molecular weight excluding hydrogens is 206 g/mol. The first kappa shape index (κ1) is 10.8.